The molecule has 0 unspecified atom stereocenters. The lowest BCUT2D eigenvalue weighted by atomic mass is 10.1. The molecule has 0 aromatic heterocycles. The highest BCUT2D eigenvalue weighted by Gasteiger charge is 2.28. The molecule has 1 aromatic carbocycles. The molecule has 0 saturated carbocycles. The summed E-state index contributed by atoms with van der Waals surface area (Å²) >= 11 is 5.91. The molecule has 2 rings (SSSR count). The van der Waals surface area contributed by atoms with Gasteiger partial charge in [-0.05, 0) is 37.5 Å². The summed E-state index contributed by atoms with van der Waals surface area (Å²) < 4.78 is 5.38. The van der Waals surface area contributed by atoms with E-state index in [0.29, 0.717) is 19.0 Å². The van der Waals surface area contributed by atoms with E-state index in [0.717, 1.165) is 5.56 Å². The van der Waals surface area contributed by atoms with Crippen LogP contribution in [0.4, 0.5) is 4.79 Å². The van der Waals surface area contributed by atoms with Crippen molar-refractivity contribution in [1.82, 2.24) is 4.90 Å². The standard InChI is InChI=1S/C14H18ClNO2/c1-14(2,3)18-13(17)16-8-11-6-4-5-10(7-15)12(11)9-16/h4-6H,7-9H2,1-3H3. The summed E-state index contributed by atoms with van der Waals surface area (Å²) in [6.07, 6.45) is -0.265. The second-order valence-electron chi connectivity index (χ2n) is 5.52. The number of carbonyl (C=O) groups excluding carboxylic acids is 1. The van der Waals surface area contributed by atoms with Crippen LogP contribution in [0, 0.1) is 0 Å². The van der Waals surface area contributed by atoms with Crippen LogP contribution in [0.25, 0.3) is 0 Å². The van der Waals surface area contributed by atoms with Crippen LogP contribution >= 0.6 is 11.6 Å². The molecule has 0 spiro atoms. The Labute approximate surface area is 113 Å². The Morgan fingerprint density at radius 2 is 2.11 bits per heavy atom. The molecule has 0 atom stereocenters. The number of carbonyl (C=O) groups is 1. The predicted molar refractivity (Wildman–Crippen MR) is 71.5 cm³/mol. The number of ether oxygens (including phenoxy) is 1. The van der Waals surface area contributed by atoms with E-state index in [4.69, 9.17) is 16.3 Å². The van der Waals surface area contributed by atoms with Gasteiger partial charge in [-0.15, -0.1) is 11.6 Å². The van der Waals surface area contributed by atoms with Gasteiger partial charge in [0, 0.05) is 12.4 Å². The molecule has 0 fully saturated rings. The number of hydrogen-bond donors (Lipinski definition) is 0. The molecule has 0 saturated heterocycles. The smallest absolute Gasteiger partial charge is 0.410 e. The lowest BCUT2D eigenvalue weighted by molar-refractivity contribution is 0.0241. The SMILES string of the molecule is CC(C)(C)OC(=O)N1Cc2cccc(CCl)c2C1. The topological polar surface area (TPSA) is 29.5 Å². The molecule has 3 nitrogen and oxygen atoms in total. The first-order valence-corrected chi connectivity index (χ1v) is 6.57. The number of amides is 1. The number of alkyl halides is 1. The lowest BCUT2D eigenvalue weighted by Crippen LogP contribution is -2.33. The van der Waals surface area contributed by atoms with Crippen molar-refractivity contribution in [3.8, 4) is 0 Å². The van der Waals surface area contributed by atoms with Crippen LogP contribution in [-0.2, 0) is 23.7 Å². The third-order valence-corrected chi connectivity index (χ3v) is 3.16. The van der Waals surface area contributed by atoms with Crippen molar-refractivity contribution in [2.24, 2.45) is 0 Å². The summed E-state index contributed by atoms with van der Waals surface area (Å²) in [6.45, 7) is 6.82. The summed E-state index contributed by atoms with van der Waals surface area (Å²) in [7, 11) is 0. The Bertz CT molecular complexity index is 465. The summed E-state index contributed by atoms with van der Waals surface area (Å²) in [6, 6.07) is 6.02. The quantitative estimate of drug-likeness (QED) is 0.727. The zero-order valence-electron chi connectivity index (χ0n) is 11.0. The van der Waals surface area contributed by atoms with Crippen LogP contribution in [0.5, 0.6) is 0 Å². The van der Waals surface area contributed by atoms with Gasteiger partial charge in [0.2, 0.25) is 0 Å². The first-order chi connectivity index (χ1) is 8.40. The highest BCUT2D eigenvalue weighted by atomic mass is 35.5. The number of halogens is 1. The monoisotopic (exact) mass is 267 g/mol. The summed E-state index contributed by atoms with van der Waals surface area (Å²) in [4.78, 5) is 13.7. The maximum absolute atomic E-state index is 12.0. The largest absolute Gasteiger partial charge is 0.444 e. The van der Waals surface area contributed by atoms with E-state index in [1.165, 1.54) is 11.1 Å². The van der Waals surface area contributed by atoms with Gasteiger partial charge in [-0.2, -0.15) is 0 Å². The molecule has 1 amide bonds. The molecule has 98 valence electrons. The van der Waals surface area contributed by atoms with Crippen molar-refractivity contribution in [1.29, 1.82) is 0 Å². The van der Waals surface area contributed by atoms with Crippen LogP contribution in [-0.4, -0.2) is 16.6 Å². The maximum atomic E-state index is 12.0. The van der Waals surface area contributed by atoms with Crippen molar-refractivity contribution < 1.29 is 9.53 Å². The zero-order chi connectivity index (χ0) is 13.3. The van der Waals surface area contributed by atoms with Gasteiger partial charge in [-0.1, -0.05) is 18.2 Å². The number of nitrogens with zero attached hydrogens (tertiary/aromatic N) is 1. The van der Waals surface area contributed by atoms with E-state index in [1.807, 2.05) is 39.0 Å². The van der Waals surface area contributed by atoms with Crippen LogP contribution in [0.3, 0.4) is 0 Å². The molecule has 1 aliphatic rings. The van der Waals surface area contributed by atoms with E-state index in [2.05, 4.69) is 0 Å². The van der Waals surface area contributed by atoms with E-state index < -0.39 is 5.60 Å². The average molecular weight is 268 g/mol. The van der Waals surface area contributed by atoms with Gasteiger partial charge in [0.1, 0.15) is 5.60 Å². The first-order valence-electron chi connectivity index (χ1n) is 6.04. The Balaban J connectivity index is 2.13. The van der Waals surface area contributed by atoms with Gasteiger partial charge in [0.25, 0.3) is 0 Å². The fourth-order valence-electron chi connectivity index (χ4n) is 2.07. The van der Waals surface area contributed by atoms with Crippen molar-refractivity contribution in [2.75, 3.05) is 0 Å². The number of rotatable bonds is 1. The Morgan fingerprint density at radius 1 is 1.39 bits per heavy atom. The molecule has 1 aliphatic heterocycles. The second-order valence-corrected chi connectivity index (χ2v) is 5.79. The Morgan fingerprint density at radius 3 is 2.72 bits per heavy atom. The molecule has 0 radical (unpaired) electrons. The van der Waals surface area contributed by atoms with Crippen molar-refractivity contribution in [2.45, 2.75) is 45.3 Å². The molecule has 4 heteroatoms. The minimum atomic E-state index is -0.457. The van der Waals surface area contributed by atoms with Gasteiger partial charge >= 0.3 is 6.09 Å². The maximum Gasteiger partial charge on any atom is 0.410 e. The molecular weight excluding hydrogens is 250 g/mol. The van der Waals surface area contributed by atoms with Crippen LogP contribution in [0.15, 0.2) is 18.2 Å². The van der Waals surface area contributed by atoms with E-state index in [-0.39, 0.29) is 6.09 Å². The van der Waals surface area contributed by atoms with Gasteiger partial charge in [0.15, 0.2) is 0 Å². The number of hydrogen-bond acceptors (Lipinski definition) is 2. The fourth-order valence-corrected chi connectivity index (χ4v) is 2.32. The number of fused-ring (bicyclic) bond motifs is 1. The number of benzene rings is 1. The van der Waals surface area contributed by atoms with E-state index in [1.54, 1.807) is 4.90 Å². The molecule has 1 aromatic rings. The highest BCUT2D eigenvalue weighted by molar-refractivity contribution is 6.17. The third-order valence-electron chi connectivity index (χ3n) is 2.88. The van der Waals surface area contributed by atoms with Crippen molar-refractivity contribution in [3.63, 3.8) is 0 Å². The Hall–Kier alpha value is -1.22. The summed E-state index contributed by atoms with van der Waals surface area (Å²) in [5, 5.41) is 0. The molecule has 1 heterocycles. The van der Waals surface area contributed by atoms with E-state index >= 15 is 0 Å². The van der Waals surface area contributed by atoms with Crippen LogP contribution in [0.1, 0.15) is 37.5 Å². The van der Waals surface area contributed by atoms with Gasteiger partial charge < -0.3 is 4.74 Å². The Kier molecular flexibility index (Phi) is 3.53. The third kappa shape index (κ3) is 2.78. The molecule has 0 bridgehead atoms. The summed E-state index contributed by atoms with van der Waals surface area (Å²) in [5.74, 6) is 0.478. The molecule has 18 heavy (non-hydrogen) atoms. The first kappa shape index (κ1) is 13.2. The zero-order valence-corrected chi connectivity index (χ0v) is 11.8. The van der Waals surface area contributed by atoms with Crippen LogP contribution in [0.2, 0.25) is 0 Å². The van der Waals surface area contributed by atoms with E-state index in [9.17, 15) is 4.79 Å². The predicted octanol–water partition coefficient (Wildman–Crippen LogP) is 3.68. The normalized spacial score (nSPS) is 14.6. The lowest BCUT2D eigenvalue weighted by Gasteiger charge is -2.24. The van der Waals surface area contributed by atoms with Gasteiger partial charge in [-0.25, -0.2) is 4.79 Å². The fraction of sp³-hybridized carbons (Fsp3) is 0.500. The summed E-state index contributed by atoms with van der Waals surface area (Å²) in [5.41, 5.74) is 2.97. The average Bonchev–Trinajstić information content (AvgIpc) is 2.70. The van der Waals surface area contributed by atoms with Crippen molar-refractivity contribution >= 4 is 17.7 Å². The minimum absolute atomic E-state index is 0.265. The van der Waals surface area contributed by atoms with Gasteiger partial charge in [-0.3, -0.25) is 4.90 Å². The van der Waals surface area contributed by atoms with Crippen molar-refractivity contribution in [3.05, 3.63) is 34.9 Å². The molecule has 0 N–H and O–H groups in total. The molecule has 0 aliphatic carbocycles. The second kappa shape index (κ2) is 4.81. The minimum Gasteiger partial charge on any atom is -0.444 e. The highest BCUT2D eigenvalue weighted by Crippen LogP contribution is 2.28. The molecular formula is C14H18ClNO2. The van der Waals surface area contributed by atoms with Crippen LogP contribution < -0.4 is 0 Å². The van der Waals surface area contributed by atoms with Gasteiger partial charge in [0.05, 0.1) is 6.54 Å².